The molecule has 0 amide bonds. The first-order valence-electron chi connectivity index (χ1n) is 24.2. The van der Waals surface area contributed by atoms with Gasteiger partial charge in [-0.15, -0.1) is 36.4 Å². The van der Waals surface area contributed by atoms with Gasteiger partial charge in [0.25, 0.3) is 0 Å². The number of nitrogens with zero attached hydrogens (tertiary/aromatic N) is 4. The minimum Gasteiger partial charge on any atom is -0.501 e. The zero-order valence-electron chi connectivity index (χ0n) is 41.3. The standard InChI is InChI=1S/C43H35N2O.C20H19N2OSi.Ir/c1-27(2)36-24-32(30-16-9-6-10-17-30)25-37(28(3)4)41(36)45-39-21-12-11-20-38(39)44-43(45)35-19-13-18-34-33-23-22-31(26-40(33)46-42(34)35)29-14-7-5-8-15-29;1-13-10-19-17(12-21-13)15-6-5-7-16(20(15)23-19)18-9-8-14(11-22-18)24(2,3)4;/h5-18,20-28H,1-4H3;5-6,8-12H,1-4H3;/q2*-1;. The average molecular weight is 1120 g/mol. The number of rotatable bonds is 8. The van der Waals surface area contributed by atoms with Gasteiger partial charge in [0, 0.05) is 60.7 Å². The van der Waals surface area contributed by atoms with Crippen molar-refractivity contribution in [1.29, 1.82) is 0 Å². The fraction of sp³-hybridized carbons (Fsp3) is 0.159. The molecule has 6 nitrogen and oxygen atoms in total. The number of imidazole rings is 1. The molecule has 12 rings (SSSR count). The molecule has 0 fully saturated rings. The van der Waals surface area contributed by atoms with Gasteiger partial charge in [0.1, 0.15) is 11.2 Å². The molecule has 0 N–H and O–H groups in total. The number of benzene rings is 7. The van der Waals surface area contributed by atoms with Crippen molar-refractivity contribution < 1.29 is 28.9 Å². The first kappa shape index (κ1) is 47.5. The van der Waals surface area contributed by atoms with E-state index in [1.54, 1.807) is 0 Å². The van der Waals surface area contributed by atoms with Crippen molar-refractivity contribution in [1.82, 2.24) is 19.5 Å². The number of hydrogen-bond acceptors (Lipinski definition) is 5. The van der Waals surface area contributed by atoms with E-state index >= 15 is 0 Å². The van der Waals surface area contributed by atoms with Crippen molar-refractivity contribution in [2.75, 3.05) is 0 Å². The molecule has 0 bridgehead atoms. The molecule has 8 heteroatoms. The fourth-order valence-corrected chi connectivity index (χ4v) is 10.7. The van der Waals surface area contributed by atoms with Crippen molar-refractivity contribution in [2.24, 2.45) is 0 Å². The third kappa shape index (κ3) is 8.86. The maximum Gasteiger partial charge on any atom is 0.124 e. The predicted molar refractivity (Wildman–Crippen MR) is 293 cm³/mol. The molecular formula is C63H54IrN4O2Si-2. The van der Waals surface area contributed by atoms with E-state index in [9.17, 15) is 0 Å². The van der Waals surface area contributed by atoms with Gasteiger partial charge in [-0.25, -0.2) is 0 Å². The summed E-state index contributed by atoms with van der Waals surface area (Å²) in [6.07, 6.45) is 3.88. The molecule has 7 aromatic carbocycles. The van der Waals surface area contributed by atoms with E-state index in [2.05, 4.69) is 201 Å². The van der Waals surface area contributed by atoms with Crippen LogP contribution in [0.15, 0.2) is 179 Å². The Morgan fingerprint density at radius 2 is 1.13 bits per heavy atom. The molecule has 5 heterocycles. The van der Waals surface area contributed by atoms with E-state index in [4.69, 9.17) is 13.8 Å². The first-order chi connectivity index (χ1) is 33.9. The number of hydrogen-bond donors (Lipinski definition) is 0. The van der Waals surface area contributed by atoms with Gasteiger partial charge in [0.15, 0.2) is 0 Å². The van der Waals surface area contributed by atoms with E-state index in [1.165, 1.54) is 38.7 Å². The van der Waals surface area contributed by atoms with Crippen LogP contribution in [-0.4, -0.2) is 27.6 Å². The molecule has 71 heavy (non-hydrogen) atoms. The van der Waals surface area contributed by atoms with Crippen LogP contribution in [0.3, 0.4) is 0 Å². The van der Waals surface area contributed by atoms with Crippen LogP contribution in [-0.2, 0) is 20.1 Å². The molecule has 0 unspecified atom stereocenters. The van der Waals surface area contributed by atoms with E-state index in [0.29, 0.717) is 0 Å². The molecule has 0 spiro atoms. The Kier molecular flexibility index (Phi) is 12.8. The van der Waals surface area contributed by atoms with E-state index < -0.39 is 8.07 Å². The van der Waals surface area contributed by atoms with E-state index in [-0.39, 0.29) is 31.9 Å². The number of pyridine rings is 2. The monoisotopic (exact) mass is 1120 g/mol. The van der Waals surface area contributed by atoms with Crippen LogP contribution in [0.2, 0.25) is 19.6 Å². The Morgan fingerprint density at radius 3 is 1.76 bits per heavy atom. The van der Waals surface area contributed by atoms with Crippen molar-refractivity contribution in [3.8, 4) is 50.6 Å². The molecule has 0 aliphatic rings. The second kappa shape index (κ2) is 19.2. The van der Waals surface area contributed by atoms with Crippen LogP contribution < -0.4 is 5.19 Å². The zero-order valence-corrected chi connectivity index (χ0v) is 44.7. The SMILES string of the molecule is CC(C)c1cc(-c2ccccc2)cc(C(C)C)c1-n1c(-c2[c-]ccc3c2oc2cc(-c4ccccc4)ccc23)nc2ccccc21.Cc1cc2oc3c(-c4ccc([Si](C)(C)C)cn4)[c-]ccc3c2cn1.[Ir]. The van der Waals surface area contributed by atoms with Crippen molar-refractivity contribution >= 4 is 68.2 Å². The minimum absolute atomic E-state index is 0. The Morgan fingerprint density at radius 1 is 0.535 bits per heavy atom. The van der Waals surface area contributed by atoms with Crippen molar-refractivity contribution in [3.63, 3.8) is 0 Å². The molecule has 0 atom stereocenters. The summed E-state index contributed by atoms with van der Waals surface area (Å²) in [6.45, 7) is 18.1. The Balaban J connectivity index is 0.000000196. The third-order valence-electron chi connectivity index (χ3n) is 13.4. The molecule has 353 valence electrons. The number of aromatic nitrogens is 4. The second-order valence-corrected chi connectivity index (χ2v) is 25.0. The smallest absolute Gasteiger partial charge is 0.124 e. The van der Waals surface area contributed by atoms with E-state index in [1.807, 2.05) is 49.6 Å². The van der Waals surface area contributed by atoms with Crippen LogP contribution in [0, 0.1) is 19.1 Å². The summed E-state index contributed by atoms with van der Waals surface area (Å²) in [4.78, 5) is 14.4. The van der Waals surface area contributed by atoms with Gasteiger partial charge in [-0.05, 0) is 93.4 Å². The molecule has 12 aromatic rings. The molecule has 0 saturated carbocycles. The average Bonchev–Trinajstić information content (AvgIpc) is 4.07. The maximum atomic E-state index is 6.73. The summed E-state index contributed by atoms with van der Waals surface area (Å²) in [5.74, 6) is 1.41. The van der Waals surface area contributed by atoms with Gasteiger partial charge in [-0.2, -0.15) is 0 Å². The predicted octanol–water partition coefficient (Wildman–Crippen LogP) is 16.7. The Bertz CT molecular complexity index is 3850. The second-order valence-electron chi connectivity index (χ2n) is 19.9. The fourth-order valence-electron chi connectivity index (χ4n) is 9.66. The molecule has 0 aliphatic heterocycles. The van der Waals surface area contributed by atoms with Crippen LogP contribution in [0.4, 0.5) is 0 Å². The minimum atomic E-state index is -1.35. The summed E-state index contributed by atoms with van der Waals surface area (Å²) < 4.78 is 15.2. The Labute approximate surface area is 429 Å². The van der Waals surface area contributed by atoms with Crippen molar-refractivity contribution in [2.45, 2.75) is 66.1 Å². The number of para-hydroxylation sites is 2. The number of aryl methyl sites for hydroxylation is 1. The molecule has 0 aliphatic carbocycles. The van der Waals surface area contributed by atoms with Crippen LogP contribution in [0.25, 0.3) is 105 Å². The van der Waals surface area contributed by atoms with Gasteiger partial charge in [0.05, 0.1) is 36.1 Å². The van der Waals surface area contributed by atoms with Gasteiger partial charge < -0.3 is 18.4 Å². The molecular weight excluding hydrogens is 1070 g/mol. The number of fused-ring (bicyclic) bond motifs is 7. The summed E-state index contributed by atoms with van der Waals surface area (Å²) in [7, 11) is -1.35. The Hall–Kier alpha value is -7.22. The molecule has 5 aromatic heterocycles. The van der Waals surface area contributed by atoms with Gasteiger partial charge in [-0.1, -0.05) is 166 Å². The first-order valence-corrected chi connectivity index (χ1v) is 27.7. The van der Waals surface area contributed by atoms with Crippen LogP contribution in [0.5, 0.6) is 0 Å². The quantitative estimate of drug-likeness (QED) is 0.112. The maximum absolute atomic E-state index is 6.73. The van der Waals surface area contributed by atoms with Gasteiger partial charge >= 0.3 is 0 Å². The zero-order chi connectivity index (χ0) is 48.3. The van der Waals surface area contributed by atoms with E-state index in [0.717, 1.165) is 88.8 Å². The van der Waals surface area contributed by atoms with Crippen LogP contribution in [0.1, 0.15) is 56.4 Å². The van der Waals surface area contributed by atoms with Gasteiger partial charge in [0.2, 0.25) is 0 Å². The summed E-state index contributed by atoms with van der Waals surface area (Å²) >= 11 is 0. The normalized spacial score (nSPS) is 11.8. The third-order valence-corrected chi connectivity index (χ3v) is 15.4. The number of furan rings is 2. The van der Waals surface area contributed by atoms with Gasteiger partial charge in [-0.3, -0.25) is 9.97 Å². The van der Waals surface area contributed by atoms with Crippen molar-refractivity contribution in [3.05, 3.63) is 199 Å². The summed E-state index contributed by atoms with van der Waals surface area (Å²) in [5, 5.41) is 5.59. The summed E-state index contributed by atoms with van der Waals surface area (Å²) in [6, 6.07) is 62.0. The topological polar surface area (TPSA) is 69.9 Å². The summed E-state index contributed by atoms with van der Waals surface area (Å²) in [5.41, 5.74) is 17.5. The van der Waals surface area contributed by atoms with Crippen LogP contribution >= 0.6 is 0 Å². The molecule has 1 radical (unpaired) electrons. The largest absolute Gasteiger partial charge is 0.501 e. The molecule has 0 saturated heterocycles.